The molecule has 0 aliphatic rings. The zero-order chi connectivity index (χ0) is 21.6. The van der Waals surface area contributed by atoms with Crippen LogP contribution in [0.4, 0.5) is 4.39 Å². The summed E-state index contributed by atoms with van der Waals surface area (Å²) in [5, 5.41) is 14.1. The normalized spacial score (nSPS) is 10.6. The molecule has 4 rings (SSSR count). The lowest BCUT2D eigenvalue weighted by Gasteiger charge is -2.13. The number of carbonyl (C=O) groups excluding carboxylic acids is 1. The molecule has 0 aliphatic heterocycles. The van der Waals surface area contributed by atoms with E-state index in [1.165, 1.54) is 17.1 Å². The van der Waals surface area contributed by atoms with Gasteiger partial charge in [-0.25, -0.2) is 9.07 Å². The van der Waals surface area contributed by atoms with Crippen LogP contribution in [0.3, 0.4) is 0 Å². The van der Waals surface area contributed by atoms with Crippen molar-refractivity contribution < 1.29 is 13.9 Å². The SMILES string of the molecule is COc1ccccc1-c1cc(C(=O)NCCc2ccccc2F)cc(-n2cnnn2)c1. The van der Waals surface area contributed by atoms with Crippen LogP contribution in [0.1, 0.15) is 15.9 Å². The molecule has 31 heavy (non-hydrogen) atoms. The molecule has 0 radical (unpaired) electrons. The minimum atomic E-state index is -0.282. The van der Waals surface area contributed by atoms with Gasteiger partial charge in [-0.1, -0.05) is 36.4 Å². The van der Waals surface area contributed by atoms with E-state index < -0.39 is 0 Å². The summed E-state index contributed by atoms with van der Waals surface area (Å²) in [5.41, 5.74) is 3.24. The smallest absolute Gasteiger partial charge is 0.251 e. The molecule has 1 N–H and O–H groups in total. The highest BCUT2D eigenvalue weighted by molar-refractivity contribution is 5.96. The highest BCUT2D eigenvalue weighted by Gasteiger charge is 2.14. The van der Waals surface area contributed by atoms with Crippen LogP contribution in [-0.2, 0) is 6.42 Å². The maximum absolute atomic E-state index is 13.8. The summed E-state index contributed by atoms with van der Waals surface area (Å²) in [7, 11) is 1.60. The first-order chi connectivity index (χ1) is 15.2. The lowest BCUT2D eigenvalue weighted by atomic mass is 10.0. The van der Waals surface area contributed by atoms with E-state index in [-0.39, 0.29) is 11.7 Å². The first-order valence-corrected chi connectivity index (χ1v) is 9.69. The summed E-state index contributed by atoms with van der Waals surface area (Å²) in [6.45, 7) is 0.304. The van der Waals surface area contributed by atoms with Gasteiger partial charge in [0.15, 0.2) is 0 Å². The van der Waals surface area contributed by atoms with Gasteiger partial charge < -0.3 is 10.1 Å². The summed E-state index contributed by atoms with van der Waals surface area (Å²) >= 11 is 0. The molecule has 0 unspecified atom stereocenters. The van der Waals surface area contributed by atoms with Crippen molar-refractivity contribution in [3.05, 3.63) is 90.0 Å². The Morgan fingerprint density at radius 1 is 1.10 bits per heavy atom. The number of rotatable bonds is 7. The van der Waals surface area contributed by atoms with Crippen molar-refractivity contribution in [1.82, 2.24) is 25.5 Å². The zero-order valence-corrected chi connectivity index (χ0v) is 16.8. The number of aromatic nitrogens is 4. The van der Waals surface area contributed by atoms with Gasteiger partial charge in [0.05, 0.1) is 12.8 Å². The third-order valence-corrected chi connectivity index (χ3v) is 4.85. The first-order valence-electron chi connectivity index (χ1n) is 9.69. The van der Waals surface area contributed by atoms with Crippen molar-refractivity contribution in [3.8, 4) is 22.6 Å². The third kappa shape index (κ3) is 4.58. The second-order valence-electron chi connectivity index (χ2n) is 6.82. The standard InChI is InChI=1S/C23H20FN5O2/c1-31-22-9-5-3-7-20(22)17-12-18(14-19(13-17)29-15-26-27-28-29)23(30)25-11-10-16-6-2-4-8-21(16)24/h2-9,12-15H,10-11H2,1H3,(H,25,30). The number of hydrogen-bond acceptors (Lipinski definition) is 5. The van der Waals surface area contributed by atoms with Gasteiger partial charge in [0.1, 0.15) is 17.9 Å². The van der Waals surface area contributed by atoms with Crippen molar-refractivity contribution in [2.75, 3.05) is 13.7 Å². The lowest BCUT2D eigenvalue weighted by Crippen LogP contribution is -2.26. The number of hydrogen-bond donors (Lipinski definition) is 1. The van der Waals surface area contributed by atoms with Gasteiger partial charge in [-0.15, -0.1) is 5.10 Å². The fourth-order valence-corrected chi connectivity index (χ4v) is 3.31. The van der Waals surface area contributed by atoms with Crippen molar-refractivity contribution in [2.45, 2.75) is 6.42 Å². The fraction of sp³-hybridized carbons (Fsp3) is 0.130. The highest BCUT2D eigenvalue weighted by Crippen LogP contribution is 2.31. The molecule has 0 atom stereocenters. The minimum absolute atomic E-state index is 0.276. The summed E-state index contributed by atoms with van der Waals surface area (Å²) in [6, 6.07) is 19.4. The van der Waals surface area contributed by atoms with Crippen LogP contribution in [0, 0.1) is 5.82 Å². The van der Waals surface area contributed by atoms with Gasteiger partial charge in [0.25, 0.3) is 5.91 Å². The molecule has 0 saturated carbocycles. The molecule has 3 aromatic carbocycles. The Morgan fingerprint density at radius 3 is 2.68 bits per heavy atom. The van der Waals surface area contributed by atoms with E-state index in [1.54, 1.807) is 37.4 Å². The summed E-state index contributed by atoms with van der Waals surface area (Å²) in [4.78, 5) is 12.9. The molecule has 4 aromatic rings. The predicted molar refractivity (Wildman–Crippen MR) is 114 cm³/mol. The topological polar surface area (TPSA) is 81.9 Å². The van der Waals surface area contributed by atoms with E-state index in [0.29, 0.717) is 35.5 Å². The number of nitrogens with one attached hydrogen (secondary N) is 1. The highest BCUT2D eigenvalue weighted by atomic mass is 19.1. The summed E-state index contributed by atoms with van der Waals surface area (Å²) in [6.07, 6.45) is 1.85. The fourth-order valence-electron chi connectivity index (χ4n) is 3.31. The maximum atomic E-state index is 13.8. The number of amides is 1. The van der Waals surface area contributed by atoms with Crippen molar-refractivity contribution in [2.24, 2.45) is 0 Å². The molecule has 1 heterocycles. The maximum Gasteiger partial charge on any atom is 0.251 e. The molecular weight excluding hydrogens is 397 g/mol. The van der Waals surface area contributed by atoms with Crippen LogP contribution < -0.4 is 10.1 Å². The van der Waals surface area contributed by atoms with Crippen molar-refractivity contribution in [3.63, 3.8) is 0 Å². The van der Waals surface area contributed by atoms with Crippen LogP contribution in [0.15, 0.2) is 73.1 Å². The molecule has 1 amide bonds. The van der Waals surface area contributed by atoms with Crippen molar-refractivity contribution in [1.29, 1.82) is 0 Å². The van der Waals surface area contributed by atoms with Crippen LogP contribution in [0.25, 0.3) is 16.8 Å². The number of carbonyl (C=O) groups is 1. The Balaban J connectivity index is 1.62. The van der Waals surface area contributed by atoms with E-state index >= 15 is 0 Å². The zero-order valence-electron chi connectivity index (χ0n) is 16.8. The van der Waals surface area contributed by atoms with E-state index in [1.807, 2.05) is 30.3 Å². The predicted octanol–water partition coefficient (Wildman–Crippen LogP) is 3.45. The molecule has 8 heteroatoms. The lowest BCUT2D eigenvalue weighted by molar-refractivity contribution is 0.0954. The van der Waals surface area contributed by atoms with Gasteiger partial charge in [-0.3, -0.25) is 4.79 Å². The van der Waals surface area contributed by atoms with E-state index in [4.69, 9.17) is 4.74 Å². The number of para-hydroxylation sites is 1. The number of ether oxygens (including phenoxy) is 1. The van der Waals surface area contributed by atoms with Crippen LogP contribution >= 0.6 is 0 Å². The Labute approximate surface area is 178 Å². The van der Waals surface area contributed by atoms with Crippen LogP contribution in [0.2, 0.25) is 0 Å². The second-order valence-corrected chi connectivity index (χ2v) is 6.82. The summed E-state index contributed by atoms with van der Waals surface area (Å²) < 4.78 is 20.8. The van der Waals surface area contributed by atoms with Crippen LogP contribution in [0.5, 0.6) is 5.75 Å². The Morgan fingerprint density at radius 2 is 1.90 bits per heavy atom. The second kappa shape index (κ2) is 9.17. The van der Waals surface area contributed by atoms with Gasteiger partial charge in [-0.05, 0) is 58.3 Å². The Bertz CT molecular complexity index is 1190. The molecule has 0 aliphatic carbocycles. The first kappa shape index (κ1) is 20.2. The van der Waals surface area contributed by atoms with Gasteiger partial charge in [0.2, 0.25) is 0 Å². The minimum Gasteiger partial charge on any atom is -0.496 e. The molecule has 0 fully saturated rings. The van der Waals surface area contributed by atoms with E-state index in [0.717, 1.165) is 11.1 Å². The van der Waals surface area contributed by atoms with E-state index in [2.05, 4.69) is 20.8 Å². The molecule has 1 aromatic heterocycles. The van der Waals surface area contributed by atoms with Gasteiger partial charge >= 0.3 is 0 Å². The molecule has 0 bridgehead atoms. The quantitative estimate of drug-likeness (QED) is 0.498. The summed E-state index contributed by atoms with van der Waals surface area (Å²) in [5.74, 6) is 0.126. The van der Waals surface area contributed by atoms with Crippen LogP contribution in [-0.4, -0.2) is 39.8 Å². The van der Waals surface area contributed by atoms with Crippen molar-refractivity contribution >= 4 is 5.91 Å². The number of nitrogens with zero attached hydrogens (tertiary/aromatic N) is 4. The third-order valence-electron chi connectivity index (χ3n) is 4.85. The average molecular weight is 417 g/mol. The Kier molecular flexibility index (Phi) is 5.98. The monoisotopic (exact) mass is 417 g/mol. The number of methoxy groups -OCH3 is 1. The Hall–Kier alpha value is -4.07. The molecule has 0 spiro atoms. The molecular formula is C23H20FN5O2. The number of halogens is 1. The number of benzene rings is 3. The van der Waals surface area contributed by atoms with Gasteiger partial charge in [-0.2, -0.15) is 0 Å². The average Bonchev–Trinajstić information content (AvgIpc) is 3.35. The molecule has 156 valence electrons. The number of tetrazole rings is 1. The van der Waals surface area contributed by atoms with E-state index in [9.17, 15) is 9.18 Å². The van der Waals surface area contributed by atoms with Gasteiger partial charge in [0, 0.05) is 17.7 Å². The molecule has 0 saturated heterocycles. The molecule has 7 nitrogen and oxygen atoms in total. The largest absolute Gasteiger partial charge is 0.496 e.